The SMILES string of the molecule is CCNC(=NCC(O)c1ccc(OC)cc1)NCCc1ccc(OC)c(OC)c1. The van der Waals surface area contributed by atoms with Crippen molar-refractivity contribution in [2.45, 2.75) is 19.4 Å². The lowest BCUT2D eigenvalue weighted by molar-refractivity contribution is 0.187. The van der Waals surface area contributed by atoms with Crippen molar-refractivity contribution in [3.8, 4) is 17.2 Å². The third-order valence-corrected chi connectivity index (χ3v) is 4.42. The number of nitrogens with one attached hydrogen (secondary N) is 2. The molecule has 1 atom stereocenters. The Balaban J connectivity index is 1.91. The van der Waals surface area contributed by atoms with Gasteiger partial charge in [0, 0.05) is 13.1 Å². The van der Waals surface area contributed by atoms with Gasteiger partial charge < -0.3 is 30.0 Å². The fourth-order valence-corrected chi connectivity index (χ4v) is 2.81. The smallest absolute Gasteiger partial charge is 0.191 e. The monoisotopic (exact) mass is 401 g/mol. The molecule has 158 valence electrons. The van der Waals surface area contributed by atoms with E-state index in [1.54, 1.807) is 21.3 Å². The van der Waals surface area contributed by atoms with E-state index in [-0.39, 0.29) is 6.54 Å². The number of benzene rings is 2. The molecule has 2 aromatic carbocycles. The van der Waals surface area contributed by atoms with Crippen LogP contribution in [0.2, 0.25) is 0 Å². The Kier molecular flexibility index (Phi) is 9.11. The Morgan fingerprint density at radius 2 is 1.69 bits per heavy atom. The minimum absolute atomic E-state index is 0.262. The molecule has 2 aromatic rings. The van der Waals surface area contributed by atoms with Gasteiger partial charge in [0.2, 0.25) is 0 Å². The molecule has 0 heterocycles. The summed E-state index contributed by atoms with van der Waals surface area (Å²) in [6, 6.07) is 13.2. The number of rotatable bonds is 10. The molecule has 0 fully saturated rings. The number of hydrogen-bond acceptors (Lipinski definition) is 5. The van der Waals surface area contributed by atoms with Crippen LogP contribution in [0.5, 0.6) is 17.2 Å². The van der Waals surface area contributed by atoms with Gasteiger partial charge in [0.15, 0.2) is 17.5 Å². The van der Waals surface area contributed by atoms with E-state index in [1.807, 2.05) is 49.4 Å². The van der Waals surface area contributed by atoms with E-state index in [9.17, 15) is 5.11 Å². The Hall–Kier alpha value is -2.93. The Bertz CT molecular complexity index is 778. The summed E-state index contributed by atoms with van der Waals surface area (Å²) < 4.78 is 15.8. The molecule has 0 amide bonds. The molecule has 1 unspecified atom stereocenters. The van der Waals surface area contributed by atoms with Gasteiger partial charge >= 0.3 is 0 Å². The highest BCUT2D eigenvalue weighted by Crippen LogP contribution is 2.27. The normalized spacial score (nSPS) is 12.2. The lowest BCUT2D eigenvalue weighted by Gasteiger charge is -2.14. The van der Waals surface area contributed by atoms with Crippen molar-refractivity contribution in [1.82, 2.24) is 10.6 Å². The van der Waals surface area contributed by atoms with Crippen LogP contribution in [-0.2, 0) is 6.42 Å². The average molecular weight is 402 g/mol. The highest BCUT2D eigenvalue weighted by atomic mass is 16.5. The minimum atomic E-state index is -0.679. The van der Waals surface area contributed by atoms with Crippen molar-refractivity contribution in [1.29, 1.82) is 0 Å². The average Bonchev–Trinajstić information content (AvgIpc) is 2.77. The van der Waals surface area contributed by atoms with Crippen LogP contribution in [0.25, 0.3) is 0 Å². The number of methoxy groups -OCH3 is 3. The van der Waals surface area contributed by atoms with Gasteiger partial charge in [-0.3, -0.25) is 4.99 Å². The number of hydrogen-bond donors (Lipinski definition) is 3. The molecule has 0 saturated carbocycles. The van der Waals surface area contributed by atoms with Crippen LogP contribution in [0.4, 0.5) is 0 Å². The van der Waals surface area contributed by atoms with Crippen LogP contribution in [0.15, 0.2) is 47.5 Å². The standard InChI is InChI=1S/C22H31N3O4/c1-5-23-22(25-15-19(26)17-7-9-18(27-2)10-8-17)24-13-12-16-6-11-20(28-3)21(14-16)29-4/h6-11,14,19,26H,5,12-13,15H2,1-4H3,(H2,23,24,25). The number of guanidine groups is 1. The van der Waals surface area contributed by atoms with Gasteiger partial charge in [-0.15, -0.1) is 0 Å². The van der Waals surface area contributed by atoms with Crippen molar-refractivity contribution < 1.29 is 19.3 Å². The summed E-state index contributed by atoms with van der Waals surface area (Å²) >= 11 is 0. The van der Waals surface area contributed by atoms with Crippen LogP contribution in [0.3, 0.4) is 0 Å². The lowest BCUT2D eigenvalue weighted by atomic mass is 10.1. The predicted octanol–water partition coefficient (Wildman–Crippen LogP) is 2.54. The van der Waals surface area contributed by atoms with Crippen molar-refractivity contribution in [2.75, 3.05) is 41.0 Å². The first kappa shape index (κ1) is 22.4. The molecule has 0 aromatic heterocycles. The zero-order valence-corrected chi connectivity index (χ0v) is 17.6. The predicted molar refractivity (Wildman–Crippen MR) is 115 cm³/mol. The molecular weight excluding hydrogens is 370 g/mol. The molecule has 7 heteroatoms. The first-order chi connectivity index (χ1) is 14.1. The van der Waals surface area contributed by atoms with Crippen LogP contribution >= 0.6 is 0 Å². The van der Waals surface area contributed by atoms with E-state index in [0.29, 0.717) is 24.0 Å². The maximum absolute atomic E-state index is 10.4. The Morgan fingerprint density at radius 1 is 0.966 bits per heavy atom. The molecule has 2 rings (SSSR count). The van der Waals surface area contributed by atoms with Crippen molar-refractivity contribution >= 4 is 5.96 Å². The molecule has 0 radical (unpaired) electrons. The summed E-state index contributed by atoms with van der Waals surface area (Å²) in [6.07, 6.45) is 0.119. The second-order valence-electron chi connectivity index (χ2n) is 6.37. The van der Waals surface area contributed by atoms with Crippen LogP contribution in [0.1, 0.15) is 24.2 Å². The van der Waals surface area contributed by atoms with Crippen molar-refractivity contribution in [2.24, 2.45) is 4.99 Å². The van der Waals surface area contributed by atoms with Crippen LogP contribution < -0.4 is 24.8 Å². The Morgan fingerprint density at radius 3 is 2.31 bits per heavy atom. The minimum Gasteiger partial charge on any atom is -0.497 e. The number of aliphatic hydroxyl groups excluding tert-OH is 1. The van der Waals surface area contributed by atoms with Gasteiger partial charge in [-0.25, -0.2) is 0 Å². The second-order valence-corrected chi connectivity index (χ2v) is 6.37. The maximum atomic E-state index is 10.4. The van der Waals surface area contributed by atoms with Gasteiger partial charge in [0.05, 0.1) is 34.0 Å². The molecular formula is C22H31N3O4. The molecule has 0 aliphatic carbocycles. The first-order valence-corrected chi connectivity index (χ1v) is 9.66. The molecule has 29 heavy (non-hydrogen) atoms. The third-order valence-electron chi connectivity index (χ3n) is 4.42. The van der Waals surface area contributed by atoms with E-state index in [1.165, 1.54) is 0 Å². The van der Waals surface area contributed by atoms with Crippen LogP contribution in [-0.4, -0.2) is 52.0 Å². The number of nitrogens with zero attached hydrogens (tertiary/aromatic N) is 1. The summed E-state index contributed by atoms with van der Waals surface area (Å²) in [5.41, 5.74) is 1.93. The van der Waals surface area contributed by atoms with E-state index in [2.05, 4.69) is 15.6 Å². The molecule has 7 nitrogen and oxygen atoms in total. The van der Waals surface area contributed by atoms with Crippen LogP contribution in [0, 0.1) is 0 Å². The molecule has 0 bridgehead atoms. The van der Waals surface area contributed by atoms with E-state index in [0.717, 1.165) is 29.8 Å². The largest absolute Gasteiger partial charge is 0.497 e. The second kappa shape index (κ2) is 11.8. The maximum Gasteiger partial charge on any atom is 0.191 e. The number of aliphatic hydroxyl groups is 1. The van der Waals surface area contributed by atoms with E-state index >= 15 is 0 Å². The van der Waals surface area contributed by atoms with Gasteiger partial charge in [-0.2, -0.15) is 0 Å². The fraction of sp³-hybridized carbons (Fsp3) is 0.409. The molecule has 3 N–H and O–H groups in total. The highest BCUT2D eigenvalue weighted by molar-refractivity contribution is 5.79. The zero-order valence-electron chi connectivity index (χ0n) is 17.6. The fourth-order valence-electron chi connectivity index (χ4n) is 2.81. The number of ether oxygens (including phenoxy) is 3. The van der Waals surface area contributed by atoms with E-state index in [4.69, 9.17) is 14.2 Å². The van der Waals surface area contributed by atoms with Gasteiger partial charge in [0.1, 0.15) is 5.75 Å². The van der Waals surface area contributed by atoms with E-state index < -0.39 is 6.10 Å². The first-order valence-electron chi connectivity index (χ1n) is 9.66. The quantitative estimate of drug-likeness (QED) is 0.419. The van der Waals surface area contributed by atoms with Crippen molar-refractivity contribution in [3.63, 3.8) is 0 Å². The summed E-state index contributed by atoms with van der Waals surface area (Å²) in [5, 5.41) is 16.9. The third kappa shape index (κ3) is 6.87. The topological polar surface area (TPSA) is 84.3 Å². The van der Waals surface area contributed by atoms with Gasteiger partial charge in [-0.05, 0) is 48.7 Å². The number of aliphatic imine (C=N–C) groups is 1. The lowest BCUT2D eigenvalue weighted by Crippen LogP contribution is -2.38. The Labute approximate surface area is 172 Å². The summed E-state index contributed by atoms with van der Waals surface area (Å²) in [5.74, 6) is 2.86. The highest BCUT2D eigenvalue weighted by Gasteiger charge is 2.08. The van der Waals surface area contributed by atoms with Crippen molar-refractivity contribution in [3.05, 3.63) is 53.6 Å². The molecule has 0 aliphatic heterocycles. The summed E-state index contributed by atoms with van der Waals surface area (Å²) in [6.45, 7) is 3.70. The van der Waals surface area contributed by atoms with Gasteiger partial charge in [0.25, 0.3) is 0 Å². The molecule has 0 saturated heterocycles. The zero-order chi connectivity index (χ0) is 21.1. The van der Waals surface area contributed by atoms with Gasteiger partial charge in [-0.1, -0.05) is 18.2 Å². The molecule has 0 aliphatic rings. The summed E-state index contributed by atoms with van der Waals surface area (Å²) in [7, 11) is 4.87. The molecule has 0 spiro atoms. The summed E-state index contributed by atoms with van der Waals surface area (Å²) in [4.78, 5) is 4.49.